The van der Waals surface area contributed by atoms with Crippen LogP contribution in [-0.2, 0) is 17.3 Å². The monoisotopic (exact) mass is 433 g/mol. The van der Waals surface area contributed by atoms with Crippen molar-refractivity contribution in [3.63, 3.8) is 0 Å². The molecular formula is C23H27N7O2. The van der Waals surface area contributed by atoms with Crippen molar-refractivity contribution >= 4 is 22.5 Å². The van der Waals surface area contributed by atoms with Crippen molar-refractivity contribution in [3.8, 4) is 11.4 Å². The van der Waals surface area contributed by atoms with Gasteiger partial charge in [0.25, 0.3) is 0 Å². The molecule has 1 aromatic carbocycles. The van der Waals surface area contributed by atoms with Crippen LogP contribution in [0.15, 0.2) is 41.1 Å². The molecule has 0 spiro atoms. The molecule has 3 N–H and O–H groups in total. The third kappa shape index (κ3) is 4.18. The number of nitrogens with one attached hydrogen (secondary N) is 1. The molecule has 32 heavy (non-hydrogen) atoms. The molecule has 3 aromatic heterocycles. The van der Waals surface area contributed by atoms with Gasteiger partial charge in [-0.1, -0.05) is 38.1 Å². The lowest BCUT2D eigenvalue weighted by molar-refractivity contribution is -0.119. The predicted molar refractivity (Wildman–Crippen MR) is 122 cm³/mol. The number of hydrogen-bond acceptors (Lipinski definition) is 7. The number of primary amides is 1. The predicted octanol–water partition coefficient (Wildman–Crippen LogP) is 3.31. The summed E-state index contributed by atoms with van der Waals surface area (Å²) in [5.74, 6) is 0.607. The van der Waals surface area contributed by atoms with E-state index in [9.17, 15) is 4.79 Å². The lowest BCUT2D eigenvalue weighted by atomic mass is 9.91. The first kappa shape index (κ1) is 21.5. The summed E-state index contributed by atoms with van der Waals surface area (Å²) in [6, 6.07) is 9.73. The summed E-state index contributed by atoms with van der Waals surface area (Å²) >= 11 is 0. The molecule has 0 aliphatic heterocycles. The van der Waals surface area contributed by atoms with Crippen molar-refractivity contribution in [1.29, 1.82) is 0 Å². The molecule has 166 valence electrons. The van der Waals surface area contributed by atoms with E-state index in [0.29, 0.717) is 23.2 Å². The van der Waals surface area contributed by atoms with E-state index in [1.165, 1.54) is 0 Å². The number of hydrogen-bond donors (Lipinski definition) is 2. The van der Waals surface area contributed by atoms with Crippen LogP contribution in [0.2, 0.25) is 0 Å². The second-order valence-electron chi connectivity index (χ2n) is 8.90. The Labute approximate surface area is 186 Å². The number of pyridine rings is 1. The molecule has 0 bridgehead atoms. The van der Waals surface area contributed by atoms with Gasteiger partial charge in [-0.05, 0) is 23.6 Å². The molecule has 0 saturated heterocycles. The number of carbonyl (C=O) groups is 1. The van der Waals surface area contributed by atoms with Gasteiger partial charge in [0.1, 0.15) is 5.82 Å². The Bertz CT molecular complexity index is 1280. The highest BCUT2D eigenvalue weighted by Gasteiger charge is 2.26. The van der Waals surface area contributed by atoms with E-state index in [1.54, 1.807) is 17.8 Å². The van der Waals surface area contributed by atoms with Crippen LogP contribution in [-0.4, -0.2) is 37.4 Å². The molecule has 0 aliphatic carbocycles. The minimum absolute atomic E-state index is 0.100. The highest BCUT2D eigenvalue weighted by atomic mass is 16.5. The third-order valence-corrected chi connectivity index (χ3v) is 5.39. The van der Waals surface area contributed by atoms with Crippen molar-refractivity contribution < 1.29 is 9.32 Å². The molecule has 1 unspecified atom stereocenters. The summed E-state index contributed by atoms with van der Waals surface area (Å²) < 4.78 is 6.90. The van der Waals surface area contributed by atoms with Crippen LogP contribution < -0.4 is 11.1 Å². The van der Waals surface area contributed by atoms with Gasteiger partial charge in [-0.3, -0.25) is 9.48 Å². The van der Waals surface area contributed by atoms with Crippen molar-refractivity contribution in [2.24, 2.45) is 12.8 Å². The number of amides is 1. The molecule has 0 radical (unpaired) electrons. The minimum Gasteiger partial charge on any atom is -0.369 e. The number of aryl methyl sites for hydroxylation is 2. The molecule has 1 atom stereocenters. The topological polar surface area (TPSA) is 125 Å². The van der Waals surface area contributed by atoms with Crippen LogP contribution in [0.5, 0.6) is 0 Å². The number of aromatic nitrogens is 5. The number of nitrogens with zero attached hydrogens (tertiary/aromatic N) is 5. The molecule has 0 saturated carbocycles. The maximum atomic E-state index is 12.3. The Hall–Kier alpha value is -3.75. The van der Waals surface area contributed by atoms with Gasteiger partial charge in [-0.25, -0.2) is 4.98 Å². The van der Waals surface area contributed by atoms with Gasteiger partial charge < -0.3 is 15.6 Å². The average molecular weight is 434 g/mol. The summed E-state index contributed by atoms with van der Waals surface area (Å²) in [5.41, 5.74) is 8.13. The highest BCUT2D eigenvalue weighted by Crippen LogP contribution is 2.28. The van der Waals surface area contributed by atoms with Gasteiger partial charge in [0.15, 0.2) is 0 Å². The standard InChI is InChI=1S/C23H27N7O2/c1-13-27-21(29-32-13)15-7-6-14-8-9-25-22(16(14)10-15)26-12-17(20(24)31)18-11-19(23(2,3)4)30(5)28-18/h6-11,17H,12H2,1-5H3,(H2,24,31)(H,25,26). The normalized spacial score (nSPS) is 12.8. The number of rotatable bonds is 6. The SMILES string of the molecule is Cc1nc(-c2ccc3ccnc(NCC(C(N)=O)c4cc(C(C)(C)C)n(C)n4)c3c2)no1. The van der Waals surface area contributed by atoms with Crippen molar-refractivity contribution in [1.82, 2.24) is 24.9 Å². The van der Waals surface area contributed by atoms with Crippen LogP contribution in [0, 0.1) is 6.92 Å². The number of anilines is 1. The molecule has 0 aliphatic rings. The number of nitrogens with two attached hydrogens (primary N) is 1. The first-order valence-corrected chi connectivity index (χ1v) is 10.4. The number of fused-ring (bicyclic) bond motifs is 1. The van der Waals surface area contributed by atoms with Crippen LogP contribution >= 0.6 is 0 Å². The molecule has 9 heteroatoms. The molecule has 4 aromatic rings. The van der Waals surface area contributed by atoms with Gasteiger partial charge in [0.05, 0.1) is 11.6 Å². The fourth-order valence-corrected chi connectivity index (χ4v) is 3.78. The maximum absolute atomic E-state index is 12.3. The Morgan fingerprint density at radius 3 is 2.66 bits per heavy atom. The molecule has 3 heterocycles. The van der Waals surface area contributed by atoms with E-state index in [-0.39, 0.29) is 12.0 Å². The fourth-order valence-electron chi connectivity index (χ4n) is 3.78. The van der Waals surface area contributed by atoms with Gasteiger partial charge in [0.2, 0.25) is 17.6 Å². The Balaban J connectivity index is 1.64. The van der Waals surface area contributed by atoms with Gasteiger partial charge >= 0.3 is 0 Å². The van der Waals surface area contributed by atoms with E-state index in [0.717, 1.165) is 22.0 Å². The first-order chi connectivity index (χ1) is 15.1. The van der Waals surface area contributed by atoms with E-state index in [1.807, 2.05) is 37.4 Å². The van der Waals surface area contributed by atoms with E-state index >= 15 is 0 Å². The summed E-state index contributed by atoms with van der Waals surface area (Å²) in [6.07, 6.45) is 1.72. The maximum Gasteiger partial charge on any atom is 0.228 e. The fraction of sp³-hybridized carbons (Fsp3) is 0.348. The average Bonchev–Trinajstić information content (AvgIpc) is 3.33. The zero-order valence-corrected chi connectivity index (χ0v) is 18.9. The zero-order chi connectivity index (χ0) is 23.0. The second kappa shape index (κ2) is 8.07. The van der Waals surface area contributed by atoms with Gasteiger partial charge in [-0.15, -0.1) is 0 Å². The lowest BCUT2D eigenvalue weighted by Crippen LogP contribution is -2.28. The van der Waals surface area contributed by atoms with Crippen LogP contribution in [0.3, 0.4) is 0 Å². The van der Waals surface area contributed by atoms with Crippen molar-refractivity contribution in [3.05, 3.63) is 53.8 Å². The van der Waals surface area contributed by atoms with Crippen LogP contribution in [0.4, 0.5) is 5.82 Å². The van der Waals surface area contributed by atoms with Crippen LogP contribution in [0.1, 0.15) is 44.0 Å². The largest absolute Gasteiger partial charge is 0.369 e. The highest BCUT2D eigenvalue weighted by molar-refractivity contribution is 5.94. The van der Waals surface area contributed by atoms with Crippen LogP contribution in [0.25, 0.3) is 22.2 Å². The Morgan fingerprint density at radius 1 is 1.25 bits per heavy atom. The quantitative estimate of drug-likeness (QED) is 0.478. The second-order valence-corrected chi connectivity index (χ2v) is 8.90. The third-order valence-electron chi connectivity index (χ3n) is 5.39. The van der Waals surface area contributed by atoms with E-state index in [4.69, 9.17) is 10.3 Å². The summed E-state index contributed by atoms with van der Waals surface area (Å²) in [4.78, 5) is 21.1. The minimum atomic E-state index is -0.600. The van der Waals surface area contributed by atoms with Gasteiger partial charge in [0, 0.05) is 48.8 Å². The summed E-state index contributed by atoms with van der Waals surface area (Å²) in [7, 11) is 1.88. The molecule has 4 rings (SSSR count). The van der Waals surface area contributed by atoms with Crippen molar-refractivity contribution in [2.75, 3.05) is 11.9 Å². The molecule has 9 nitrogen and oxygen atoms in total. The van der Waals surface area contributed by atoms with E-state index < -0.39 is 11.8 Å². The van der Waals surface area contributed by atoms with Gasteiger partial charge in [-0.2, -0.15) is 10.1 Å². The molecule has 1 amide bonds. The Kier molecular flexibility index (Phi) is 5.41. The summed E-state index contributed by atoms with van der Waals surface area (Å²) in [5, 5.41) is 13.7. The molecular weight excluding hydrogens is 406 g/mol. The smallest absolute Gasteiger partial charge is 0.228 e. The lowest BCUT2D eigenvalue weighted by Gasteiger charge is -2.18. The summed E-state index contributed by atoms with van der Waals surface area (Å²) in [6.45, 7) is 8.34. The van der Waals surface area contributed by atoms with Crippen molar-refractivity contribution in [2.45, 2.75) is 39.0 Å². The Morgan fingerprint density at radius 2 is 2.03 bits per heavy atom. The zero-order valence-electron chi connectivity index (χ0n) is 18.9. The van der Waals surface area contributed by atoms with E-state index in [2.05, 4.69) is 46.3 Å². The number of carbonyl (C=O) groups excluding carboxylic acids is 1. The molecule has 0 fully saturated rings. The number of benzene rings is 1. The first-order valence-electron chi connectivity index (χ1n) is 10.4.